The Bertz CT molecular complexity index is 540. The third kappa shape index (κ3) is 2.06. The maximum atomic E-state index is 11.7. The number of carbonyl (C=O) groups is 2. The SMILES string of the molecule is CC(=O)Nc1ccc2c(c1)NC(=O)C2=C(C)C. The van der Waals surface area contributed by atoms with Gasteiger partial charge in [-0.3, -0.25) is 9.59 Å². The van der Waals surface area contributed by atoms with Crippen molar-refractivity contribution in [2.75, 3.05) is 10.6 Å². The standard InChI is InChI=1S/C13H14N2O2/c1-7(2)12-10-5-4-9(14-8(3)16)6-11(10)15-13(12)17/h4-6H,1-3H3,(H,14,16)(H,15,17). The van der Waals surface area contributed by atoms with Crippen LogP contribution in [0.5, 0.6) is 0 Å². The third-order valence-electron chi connectivity index (χ3n) is 2.58. The molecule has 4 nitrogen and oxygen atoms in total. The summed E-state index contributed by atoms with van der Waals surface area (Å²) in [6.45, 7) is 5.27. The smallest absolute Gasteiger partial charge is 0.256 e. The summed E-state index contributed by atoms with van der Waals surface area (Å²) in [7, 11) is 0. The summed E-state index contributed by atoms with van der Waals surface area (Å²) < 4.78 is 0. The number of benzene rings is 1. The summed E-state index contributed by atoms with van der Waals surface area (Å²) in [6.07, 6.45) is 0. The Hall–Kier alpha value is -2.10. The molecule has 1 heterocycles. The van der Waals surface area contributed by atoms with Crippen LogP contribution >= 0.6 is 0 Å². The van der Waals surface area contributed by atoms with Crippen molar-refractivity contribution >= 4 is 28.8 Å². The zero-order valence-corrected chi connectivity index (χ0v) is 10.0. The lowest BCUT2D eigenvalue weighted by Gasteiger charge is -2.05. The number of hydrogen-bond donors (Lipinski definition) is 2. The van der Waals surface area contributed by atoms with E-state index in [1.807, 2.05) is 19.9 Å². The lowest BCUT2D eigenvalue weighted by molar-refractivity contribution is -0.114. The third-order valence-corrected chi connectivity index (χ3v) is 2.58. The van der Waals surface area contributed by atoms with Gasteiger partial charge in [-0.1, -0.05) is 11.6 Å². The normalized spacial score (nSPS) is 13.1. The Kier molecular flexibility index (Phi) is 2.71. The Morgan fingerprint density at radius 2 is 1.94 bits per heavy atom. The average molecular weight is 230 g/mol. The molecule has 2 amide bonds. The molecule has 88 valence electrons. The van der Waals surface area contributed by atoms with E-state index in [1.165, 1.54) is 6.92 Å². The van der Waals surface area contributed by atoms with Crippen LogP contribution < -0.4 is 10.6 Å². The van der Waals surface area contributed by atoms with E-state index >= 15 is 0 Å². The van der Waals surface area contributed by atoms with Crippen LogP contribution in [-0.4, -0.2) is 11.8 Å². The molecule has 0 fully saturated rings. The van der Waals surface area contributed by atoms with Gasteiger partial charge in [0.25, 0.3) is 5.91 Å². The molecule has 0 unspecified atom stereocenters. The molecule has 0 saturated heterocycles. The molecule has 2 N–H and O–H groups in total. The van der Waals surface area contributed by atoms with Crippen LogP contribution in [0.3, 0.4) is 0 Å². The van der Waals surface area contributed by atoms with Gasteiger partial charge in [0.2, 0.25) is 5.91 Å². The molecular weight excluding hydrogens is 216 g/mol. The molecule has 1 aromatic carbocycles. The highest BCUT2D eigenvalue weighted by atomic mass is 16.2. The Morgan fingerprint density at radius 3 is 2.53 bits per heavy atom. The lowest BCUT2D eigenvalue weighted by atomic mass is 10.0. The first-order chi connectivity index (χ1) is 7.99. The predicted molar refractivity (Wildman–Crippen MR) is 67.6 cm³/mol. The van der Waals surface area contributed by atoms with Crippen LogP contribution in [-0.2, 0) is 9.59 Å². The van der Waals surface area contributed by atoms with Crippen LogP contribution in [0.2, 0.25) is 0 Å². The molecule has 1 aliphatic heterocycles. The van der Waals surface area contributed by atoms with Crippen LogP contribution in [0.15, 0.2) is 23.8 Å². The second-order valence-corrected chi connectivity index (χ2v) is 4.27. The zero-order valence-electron chi connectivity index (χ0n) is 10.0. The number of nitrogens with one attached hydrogen (secondary N) is 2. The topological polar surface area (TPSA) is 58.2 Å². The van der Waals surface area contributed by atoms with Gasteiger partial charge in [-0.15, -0.1) is 0 Å². The van der Waals surface area contributed by atoms with Crippen molar-refractivity contribution in [1.82, 2.24) is 0 Å². The fourth-order valence-electron chi connectivity index (χ4n) is 1.95. The highest BCUT2D eigenvalue weighted by Gasteiger charge is 2.25. The van der Waals surface area contributed by atoms with Crippen molar-refractivity contribution in [3.63, 3.8) is 0 Å². The minimum atomic E-state index is -0.128. The van der Waals surface area contributed by atoms with E-state index in [-0.39, 0.29) is 11.8 Å². The lowest BCUT2D eigenvalue weighted by Crippen LogP contribution is -2.06. The molecule has 0 aromatic heterocycles. The minimum absolute atomic E-state index is 0.0834. The fourth-order valence-corrected chi connectivity index (χ4v) is 1.95. The Morgan fingerprint density at radius 1 is 1.24 bits per heavy atom. The number of allylic oxidation sites excluding steroid dienone is 1. The van der Waals surface area contributed by atoms with Gasteiger partial charge in [0.15, 0.2) is 0 Å². The summed E-state index contributed by atoms with van der Waals surface area (Å²) in [6, 6.07) is 5.41. The molecule has 4 heteroatoms. The highest BCUT2D eigenvalue weighted by Crippen LogP contribution is 2.35. The van der Waals surface area contributed by atoms with Gasteiger partial charge in [0, 0.05) is 23.7 Å². The van der Waals surface area contributed by atoms with Crippen molar-refractivity contribution in [3.05, 3.63) is 29.3 Å². The van der Waals surface area contributed by atoms with E-state index in [9.17, 15) is 9.59 Å². The summed E-state index contributed by atoms with van der Waals surface area (Å²) >= 11 is 0. The quantitative estimate of drug-likeness (QED) is 0.728. The second kappa shape index (κ2) is 4.05. The molecule has 1 aliphatic rings. The van der Waals surface area contributed by atoms with Gasteiger partial charge in [-0.25, -0.2) is 0 Å². The summed E-state index contributed by atoms with van der Waals surface area (Å²) in [5, 5.41) is 5.48. The average Bonchev–Trinajstić information content (AvgIpc) is 2.51. The van der Waals surface area contributed by atoms with Gasteiger partial charge in [0.1, 0.15) is 0 Å². The van der Waals surface area contributed by atoms with E-state index < -0.39 is 0 Å². The van der Waals surface area contributed by atoms with Crippen molar-refractivity contribution in [2.24, 2.45) is 0 Å². The van der Waals surface area contributed by atoms with Gasteiger partial charge in [-0.2, -0.15) is 0 Å². The Balaban J connectivity index is 2.45. The van der Waals surface area contributed by atoms with Gasteiger partial charge in [-0.05, 0) is 26.0 Å². The van der Waals surface area contributed by atoms with Crippen molar-refractivity contribution in [2.45, 2.75) is 20.8 Å². The monoisotopic (exact) mass is 230 g/mol. The van der Waals surface area contributed by atoms with Crippen molar-refractivity contribution in [1.29, 1.82) is 0 Å². The van der Waals surface area contributed by atoms with E-state index in [2.05, 4.69) is 10.6 Å². The Labute approximate surface area is 99.7 Å². The maximum absolute atomic E-state index is 11.7. The summed E-state index contributed by atoms with van der Waals surface area (Å²) in [5.41, 5.74) is 4.02. The van der Waals surface area contributed by atoms with E-state index in [4.69, 9.17) is 0 Å². The van der Waals surface area contributed by atoms with Crippen LogP contribution in [0.1, 0.15) is 26.3 Å². The number of rotatable bonds is 1. The summed E-state index contributed by atoms with van der Waals surface area (Å²) in [4.78, 5) is 22.7. The summed E-state index contributed by atoms with van der Waals surface area (Å²) in [5.74, 6) is -0.211. The number of amides is 2. The predicted octanol–water partition coefficient (Wildman–Crippen LogP) is 2.39. The van der Waals surface area contributed by atoms with Crippen LogP contribution in [0.25, 0.3) is 5.57 Å². The minimum Gasteiger partial charge on any atom is -0.326 e. The number of carbonyl (C=O) groups excluding carboxylic acids is 2. The van der Waals surface area contributed by atoms with Crippen molar-refractivity contribution in [3.8, 4) is 0 Å². The maximum Gasteiger partial charge on any atom is 0.256 e. The van der Waals surface area contributed by atoms with Crippen LogP contribution in [0, 0.1) is 0 Å². The molecule has 0 aliphatic carbocycles. The highest BCUT2D eigenvalue weighted by molar-refractivity contribution is 6.32. The molecular formula is C13H14N2O2. The second-order valence-electron chi connectivity index (χ2n) is 4.27. The first kappa shape index (κ1) is 11.4. The largest absolute Gasteiger partial charge is 0.326 e. The van der Waals surface area contributed by atoms with E-state index in [0.29, 0.717) is 5.69 Å². The van der Waals surface area contributed by atoms with Gasteiger partial charge < -0.3 is 10.6 Å². The molecule has 1 aromatic rings. The van der Waals surface area contributed by atoms with Gasteiger partial charge in [0.05, 0.1) is 5.69 Å². The first-order valence-corrected chi connectivity index (χ1v) is 5.40. The van der Waals surface area contributed by atoms with E-state index in [0.717, 1.165) is 22.4 Å². The molecule has 0 bridgehead atoms. The molecule has 0 radical (unpaired) electrons. The van der Waals surface area contributed by atoms with E-state index in [1.54, 1.807) is 12.1 Å². The van der Waals surface area contributed by atoms with Crippen molar-refractivity contribution < 1.29 is 9.59 Å². The molecule has 2 rings (SSSR count). The number of hydrogen-bond acceptors (Lipinski definition) is 2. The zero-order chi connectivity index (χ0) is 12.6. The number of anilines is 2. The molecule has 0 spiro atoms. The fraction of sp³-hybridized carbons (Fsp3) is 0.231. The molecule has 17 heavy (non-hydrogen) atoms. The number of fused-ring (bicyclic) bond motifs is 1. The molecule has 0 saturated carbocycles. The first-order valence-electron chi connectivity index (χ1n) is 5.40. The molecule has 0 atom stereocenters. The van der Waals surface area contributed by atoms with Crippen LogP contribution in [0.4, 0.5) is 11.4 Å². The van der Waals surface area contributed by atoms with Gasteiger partial charge >= 0.3 is 0 Å².